The highest BCUT2D eigenvalue weighted by Crippen LogP contribution is 2.28. The number of ether oxygens (including phenoxy) is 1. The zero-order chi connectivity index (χ0) is 18.2. The lowest BCUT2D eigenvalue weighted by molar-refractivity contribution is 0.120. The SMILES string of the molecule is Fc1ccc(-c2nnn3c2nc(NC[C@H]2CCCO2)c2ccccc23)cc1. The lowest BCUT2D eigenvalue weighted by Crippen LogP contribution is -2.19. The van der Waals surface area contributed by atoms with E-state index in [0.29, 0.717) is 17.9 Å². The highest BCUT2D eigenvalue weighted by molar-refractivity contribution is 5.93. The number of hydrogen-bond acceptors (Lipinski definition) is 5. The predicted octanol–water partition coefficient (Wildman–Crippen LogP) is 3.67. The first-order valence-electron chi connectivity index (χ1n) is 9.05. The van der Waals surface area contributed by atoms with Crippen LogP contribution in [0.3, 0.4) is 0 Å². The first-order chi connectivity index (χ1) is 13.3. The molecule has 1 saturated heterocycles. The highest BCUT2D eigenvalue weighted by atomic mass is 19.1. The largest absolute Gasteiger partial charge is 0.376 e. The van der Waals surface area contributed by atoms with Crippen LogP contribution in [0.25, 0.3) is 27.8 Å². The first-order valence-corrected chi connectivity index (χ1v) is 9.05. The number of fused-ring (bicyclic) bond motifs is 3. The topological polar surface area (TPSA) is 64.3 Å². The van der Waals surface area contributed by atoms with E-state index in [1.54, 1.807) is 16.6 Å². The molecule has 1 atom stereocenters. The number of hydrogen-bond donors (Lipinski definition) is 1. The van der Waals surface area contributed by atoms with Crippen LogP contribution < -0.4 is 5.32 Å². The molecule has 136 valence electrons. The fraction of sp³-hybridized carbons (Fsp3) is 0.250. The van der Waals surface area contributed by atoms with E-state index in [9.17, 15) is 4.39 Å². The number of nitrogens with one attached hydrogen (secondary N) is 1. The summed E-state index contributed by atoms with van der Waals surface area (Å²) < 4.78 is 20.7. The summed E-state index contributed by atoms with van der Waals surface area (Å²) in [5.41, 5.74) is 2.95. The summed E-state index contributed by atoms with van der Waals surface area (Å²) in [6.45, 7) is 1.53. The maximum atomic E-state index is 13.3. The van der Waals surface area contributed by atoms with Gasteiger partial charge in [0.15, 0.2) is 5.65 Å². The molecule has 3 heterocycles. The molecular formula is C20H18FN5O. The van der Waals surface area contributed by atoms with Gasteiger partial charge in [-0.2, -0.15) is 4.52 Å². The molecule has 0 saturated carbocycles. The van der Waals surface area contributed by atoms with Crippen molar-refractivity contribution in [2.45, 2.75) is 18.9 Å². The molecule has 0 amide bonds. The molecule has 2 aromatic carbocycles. The summed E-state index contributed by atoms with van der Waals surface area (Å²) in [6, 6.07) is 14.2. The summed E-state index contributed by atoms with van der Waals surface area (Å²) in [5, 5.41) is 13.0. The number of halogens is 1. The van der Waals surface area contributed by atoms with Crippen LogP contribution in [0, 0.1) is 5.82 Å². The number of benzene rings is 2. The van der Waals surface area contributed by atoms with Crippen molar-refractivity contribution in [1.29, 1.82) is 0 Å². The molecule has 0 radical (unpaired) electrons. The van der Waals surface area contributed by atoms with Crippen LogP contribution >= 0.6 is 0 Å². The highest BCUT2D eigenvalue weighted by Gasteiger charge is 2.18. The zero-order valence-corrected chi connectivity index (χ0v) is 14.6. The van der Waals surface area contributed by atoms with Crippen molar-refractivity contribution < 1.29 is 9.13 Å². The van der Waals surface area contributed by atoms with Crippen LogP contribution in [-0.2, 0) is 4.74 Å². The number of anilines is 1. The Morgan fingerprint density at radius 3 is 2.81 bits per heavy atom. The minimum absolute atomic E-state index is 0.210. The van der Waals surface area contributed by atoms with E-state index in [0.717, 1.165) is 41.7 Å². The molecule has 27 heavy (non-hydrogen) atoms. The molecule has 1 N–H and O–H groups in total. The van der Waals surface area contributed by atoms with Crippen molar-refractivity contribution in [3.8, 4) is 11.3 Å². The van der Waals surface area contributed by atoms with Crippen molar-refractivity contribution in [3.63, 3.8) is 0 Å². The molecule has 0 bridgehead atoms. The van der Waals surface area contributed by atoms with Crippen LogP contribution in [0.15, 0.2) is 48.5 Å². The van der Waals surface area contributed by atoms with Crippen molar-refractivity contribution in [2.75, 3.05) is 18.5 Å². The predicted molar refractivity (Wildman–Crippen MR) is 101 cm³/mol. The summed E-state index contributed by atoms with van der Waals surface area (Å²) in [5.74, 6) is 0.492. The molecule has 6 nitrogen and oxygen atoms in total. The zero-order valence-electron chi connectivity index (χ0n) is 14.6. The van der Waals surface area contributed by atoms with Gasteiger partial charge in [-0.3, -0.25) is 0 Å². The molecular weight excluding hydrogens is 345 g/mol. The van der Waals surface area contributed by atoms with Gasteiger partial charge >= 0.3 is 0 Å². The van der Waals surface area contributed by atoms with Crippen molar-refractivity contribution >= 4 is 22.4 Å². The van der Waals surface area contributed by atoms with Gasteiger partial charge in [-0.15, -0.1) is 5.10 Å². The monoisotopic (exact) mass is 363 g/mol. The second kappa shape index (κ2) is 6.59. The summed E-state index contributed by atoms with van der Waals surface area (Å²) >= 11 is 0. The van der Waals surface area contributed by atoms with Gasteiger partial charge < -0.3 is 10.1 Å². The first kappa shape index (κ1) is 16.1. The lowest BCUT2D eigenvalue weighted by Gasteiger charge is -2.13. The second-order valence-corrected chi connectivity index (χ2v) is 6.67. The normalized spacial score (nSPS) is 17.0. The molecule has 1 aliphatic heterocycles. The van der Waals surface area contributed by atoms with Gasteiger partial charge in [0.25, 0.3) is 0 Å². The van der Waals surface area contributed by atoms with Gasteiger partial charge in [-0.1, -0.05) is 17.3 Å². The van der Waals surface area contributed by atoms with Crippen molar-refractivity contribution in [2.24, 2.45) is 0 Å². The van der Waals surface area contributed by atoms with Gasteiger partial charge in [0, 0.05) is 24.1 Å². The Kier molecular flexibility index (Phi) is 3.94. The Labute approximate surface area is 155 Å². The molecule has 0 spiro atoms. The van der Waals surface area contributed by atoms with Gasteiger partial charge in [0.1, 0.15) is 17.3 Å². The minimum atomic E-state index is -0.285. The van der Waals surface area contributed by atoms with Crippen LogP contribution in [0.5, 0.6) is 0 Å². The third-order valence-corrected chi connectivity index (χ3v) is 4.89. The van der Waals surface area contributed by atoms with Crippen LogP contribution in [0.1, 0.15) is 12.8 Å². The molecule has 5 rings (SSSR count). The van der Waals surface area contributed by atoms with E-state index in [1.165, 1.54) is 12.1 Å². The van der Waals surface area contributed by atoms with Gasteiger partial charge in [-0.05, 0) is 49.2 Å². The van der Waals surface area contributed by atoms with Crippen molar-refractivity contribution in [3.05, 3.63) is 54.3 Å². The Bertz CT molecular complexity index is 1100. The van der Waals surface area contributed by atoms with Gasteiger partial charge in [-0.25, -0.2) is 9.37 Å². The van der Waals surface area contributed by atoms with Crippen LogP contribution in [0.4, 0.5) is 10.2 Å². The fourth-order valence-corrected chi connectivity index (χ4v) is 3.51. The van der Waals surface area contributed by atoms with E-state index < -0.39 is 0 Å². The molecule has 2 aromatic heterocycles. The van der Waals surface area contributed by atoms with Crippen LogP contribution in [0.2, 0.25) is 0 Å². The molecule has 1 fully saturated rings. The Hall–Kier alpha value is -3.06. The Balaban J connectivity index is 1.63. The minimum Gasteiger partial charge on any atom is -0.376 e. The van der Waals surface area contributed by atoms with Gasteiger partial charge in [0.2, 0.25) is 0 Å². The average molecular weight is 363 g/mol. The van der Waals surface area contributed by atoms with Gasteiger partial charge in [0.05, 0.1) is 11.6 Å². The van der Waals surface area contributed by atoms with E-state index in [4.69, 9.17) is 9.72 Å². The van der Waals surface area contributed by atoms with Crippen molar-refractivity contribution in [1.82, 2.24) is 19.8 Å². The van der Waals surface area contributed by atoms with E-state index in [-0.39, 0.29) is 11.9 Å². The summed E-state index contributed by atoms with van der Waals surface area (Å²) in [6.07, 6.45) is 2.37. The number of nitrogens with zero attached hydrogens (tertiary/aromatic N) is 4. The third kappa shape index (κ3) is 2.90. The summed E-state index contributed by atoms with van der Waals surface area (Å²) in [4.78, 5) is 4.80. The Morgan fingerprint density at radius 2 is 2.00 bits per heavy atom. The quantitative estimate of drug-likeness (QED) is 0.599. The Morgan fingerprint density at radius 1 is 1.15 bits per heavy atom. The summed E-state index contributed by atoms with van der Waals surface area (Å²) in [7, 11) is 0. The van der Waals surface area contributed by atoms with E-state index >= 15 is 0 Å². The number of aromatic nitrogens is 4. The second-order valence-electron chi connectivity index (χ2n) is 6.67. The number of rotatable bonds is 4. The molecule has 0 aliphatic carbocycles. The lowest BCUT2D eigenvalue weighted by atomic mass is 10.1. The smallest absolute Gasteiger partial charge is 0.186 e. The average Bonchev–Trinajstić information content (AvgIpc) is 3.37. The molecule has 1 aliphatic rings. The van der Waals surface area contributed by atoms with Crippen LogP contribution in [-0.4, -0.2) is 39.1 Å². The number of para-hydroxylation sites is 1. The van der Waals surface area contributed by atoms with E-state index in [1.807, 2.05) is 24.3 Å². The molecule has 4 aromatic rings. The standard InChI is InChI=1S/C20H18FN5O/c21-14-9-7-13(8-10-14)18-20-23-19(22-12-15-4-3-11-27-15)16-5-1-2-6-17(16)26(20)25-24-18/h1-2,5-10,15H,3-4,11-12H2,(H,22,23)/t15-/m1/s1. The third-order valence-electron chi connectivity index (χ3n) is 4.89. The molecule has 0 unspecified atom stereocenters. The molecule has 7 heteroatoms. The maximum Gasteiger partial charge on any atom is 0.186 e. The fourth-order valence-electron chi connectivity index (χ4n) is 3.51. The maximum absolute atomic E-state index is 13.3. The van der Waals surface area contributed by atoms with E-state index in [2.05, 4.69) is 15.6 Å².